The van der Waals surface area contributed by atoms with E-state index in [2.05, 4.69) is 17.0 Å². The van der Waals surface area contributed by atoms with Crippen LogP contribution in [0.3, 0.4) is 0 Å². The summed E-state index contributed by atoms with van der Waals surface area (Å²) in [6.45, 7) is 7.68. The van der Waals surface area contributed by atoms with E-state index in [-0.39, 0.29) is 12.0 Å². The second-order valence-electron chi connectivity index (χ2n) is 6.51. The van der Waals surface area contributed by atoms with Crippen LogP contribution in [-0.2, 0) is 20.7 Å². The predicted octanol–water partition coefficient (Wildman–Crippen LogP) is 1.37. The summed E-state index contributed by atoms with van der Waals surface area (Å²) in [5.41, 5.74) is 2.19. The van der Waals surface area contributed by atoms with E-state index < -0.39 is 0 Å². The molecule has 0 atom stereocenters. The average molecular weight is 361 g/mol. The number of nitrogens with zero attached hydrogens (tertiary/aromatic N) is 3. The molecule has 2 heterocycles. The zero-order valence-electron chi connectivity index (χ0n) is 15.4. The fraction of sp³-hybridized carbons (Fsp3) is 0.579. The average Bonchev–Trinajstić information content (AvgIpc) is 2.69. The molecule has 2 amide bonds. The van der Waals surface area contributed by atoms with E-state index in [1.807, 2.05) is 17.0 Å². The van der Waals surface area contributed by atoms with E-state index in [1.54, 1.807) is 11.8 Å². The van der Waals surface area contributed by atoms with Crippen LogP contribution in [0.15, 0.2) is 24.3 Å². The monoisotopic (exact) mass is 361 g/mol. The van der Waals surface area contributed by atoms with Crippen molar-refractivity contribution in [1.29, 1.82) is 0 Å². The minimum absolute atomic E-state index is 0.104. The molecule has 7 nitrogen and oxygen atoms in total. The molecule has 0 radical (unpaired) electrons. The van der Waals surface area contributed by atoms with Crippen molar-refractivity contribution in [3.05, 3.63) is 29.8 Å². The highest BCUT2D eigenvalue weighted by Crippen LogP contribution is 2.17. The summed E-state index contributed by atoms with van der Waals surface area (Å²) in [6, 6.07) is 8.20. The lowest BCUT2D eigenvalue weighted by Gasteiger charge is -2.34. The molecule has 2 aliphatic rings. The normalized spacial score (nSPS) is 18.0. The topological polar surface area (TPSA) is 62.3 Å². The van der Waals surface area contributed by atoms with E-state index in [9.17, 15) is 9.59 Å². The Bertz CT molecular complexity index is 606. The summed E-state index contributed by atoms with van der Waals surface area (Å²) in [7, 11) is 0. The van der Waals surface area contributed by atoms with Crippen LogP contribution in [0.2, 0.25) is 0 Å². The molecular weight excluding hydrogens is 334 g/mol. The van der Waals surface area contributed by atoms with Gasteiger partial charge in [-0.15, -0.1) is 0 Å². The van der Waals surface area contributed by atoms with Gasteiger partial charge in [0, 0.05) is 45.0 Å². The molecule has 26 heavy (non-hydrogen) atoms. The molecule has 0 aliphatic carbocycles. The van der Waals surface area contributed by atoms with Crippen molar-refractivity contribution in [3.63, 3.8) is 0 Å². The van der Waals surface area contributed by atoms with Gasteiger partial charge in [0.05, 0.1) is 26.2 Å². The van der Waals surface area contributed by atoms with Crippen LogP contribution >= 0.6 is 0 Å². The SMILES string of the molecule is CCOC(=O)N1CCN(C(=O)Cc2ccc(N3CCOCC3)cc2)CC1. The van der Waals surface area contributed by atoms with E-state index in [4.69, 9.17) is 9.47 Å². The van der Waals surface area contributed by atoms with Crippen molar-refractivity contribution in [2.75, 3.05) is 64.0 Å². The molecule has 0 unspecified atom stereocenters. The number of hydrogen-bond acceptors (Lipinski definition) is 5. The molecule has 0 aromatic heterocycles. The van der Waals surface area contributed by atoms with Gasteiger partial charge in [-0.2, -0.15) is 0 Å². The number of carbonyl (C=O) groups is 2. The maximum Gasteiger partial charge on any atom is 0.409 e. The van der Waals surface area contributed by atoms with Crippen LogP contribution in [0.1, 0.15) is 12.5 Å². The molecule has 2 saturated heterocycles. The fourth-order valence-corrected chi connectivity index (χ4v) is 3.29. The van der Waals surface area contributed by atoms with Gasteiger partial charge in [0.25, 0.3) is 0 Å². The Kier molecular flexibility index (Phi) is 6.33. The highest BCUT2D eigenvalue weighted by Gasteiger charge is 2.24. The lowest BCUT2D eigenvalue weighted by atomic mass is 10.1. The molecule has 0 N–H and O–H groups in total. The number of piperazine rings is 1. The minimum Gasteiger partial charge on any atom is -0.450 e. The van der Waals surface area contributed by atoms with Crippen molar-refractivity contribution in [2.24, 2.45) is 0 Å². The molecule has 0 spiro atoms. The van der Waals surface area contributed by atoms with Crippen LogP contribution in [-0.4, -0.2) is 80.9 Å². The lowest BCUT2D eigenvalue weighted by molar-refractivity contribution is -0.132. The maximum absolute atomic E-state index is 12.5. The molecule has 2 fully saturated rings. The molecule has 2 aliphatic heterocycles. The second-order valence-corrected chi connectivity index (χ2v) is 6.51. The zero-order valence-corrected chi connectivity index (χ0v) is 15.4. The molecule has 1 aromatic carbocycles. The van der Waals surface area contributed by atoms with Gasteiger partial charge in [0.15, 0.2) is 0 Å². The number of hydrogen-bond donors (Lipinski definition) is 0. The smallest absolute Gasteiger partial charge is 0.409 e. The van der Waals surface area contributed by atoms with Crippen LogP contribution < -0.4 is 4.90 Å². The summed E-state index contributed by atoms with van der Waals surface area (Å²) >= 11 is 0. The Balaban J connectivity index is 1.48. The van der Waals surface area contributed by atoms with Crippen molar-refractivity contribution < 1.29 is 19.1 Å². The van der Waals surface area contributed by atoms with Gasteiger partial charge in [-0.3, -0.25) is 4.79 Å². The first-order valence-corrected chi connectivity index (χ1v) is 9.28. The molecule has 142 valence electrons. The standard InChI is InChI=1S/C19H27N3O4/c1-2-26-19(24)22-9-7-21(8-10-22)18(23)15-16-3-5-17(6-4-16)20-11-13-25-14-12-20/h3-6H,2,7-15H2,1H3. The van der Waals surface area contributed by atoms with Crippen molar-refractivity contribution in [1.82, 2.24) is 9.80 Å². The Hall–Kier alpha value is -2.28. The van der Waals surface area contributed by atoms with Gasteiger partial charge in [-0.1, -0.05) is 12.1 Å². The van der Waals surface area contributed by atoms with Gasteiger partial charge in [-0.05, 0) is 24.6 Å². The first-order chi connectivity index (χ1) is 12.7. The van der Waals surface area contributed by atoms with Crippen molar-refractivity contribution >= 4 is 17.7 Å². The highest BCUT2D eigenvalue weighted by atomic mass is 16.6. The Morgan fingerprint density at radius 3 is 2.19 bits per heavy atom. The molecule has 0 bridgehead atoms. The van der Waals surface area contributed by atoms with Crippen LogP contribution in [0.25, 0.3) is 0 Å². The van der Waals surface area contributed by atoms with Crippen LogP contribution in [0, 0.1) is 0 Å². The number of benzene rings is 1. The van der Waals surface area contributed by atoms with Gasteiger partial charge in [0.2, 0.25) is 5.91 Å². The molecule has 0 saturated carbocycles. The molecule has 3 rings (SSSR count). The van der Waals surface area contributed by atoms with Crippen LogP contribution in [0.5, 0.6) is 0 Å². The first-order valence-electron chi connectivity index (χ1n) is 9.28. The zero-order chi connectivity index (χ0) is 18.4. The van der Waals surface area contributed by atoms with Gasteiger partial charge >= 0.3 is 6.09 Å². The van der Waals surface area contributed by atoms with Gasteiger partial charge in [0.1, 0.15) is 0 Å². The summed E-state index contributed by atoms with van der Waals surface area (Å²) in [5.74, 6) is 0.104. The third-order valence-corrected chi connectivity index (χ3v) is 4.83. The third-order valence-electron chi connectivity index (χ3n) is 4.83. The van der Waals surface area contributed by atoms with Gasteiger partial charge in [-0.25, -0.2) is 4.79 Å². The molecule has 7 heteroatoms. The van der Waals surface area contributed by atoms with Gasteiger partial charge < -0.3 is 24.2 Å². The quantitative estimate of drug-likeness (QED) is 0.811. The number of carbonyl (C=O) groups excluding carboxylic acids is 2. The lowest BCUT2D eigenvalue weighted by Crippen LogP contribution is -2.51. The maximum atomic E-state index is 12.5. The summed E-state index contributed by atoms with van der Waals surface area (Å²) < 4.78 is 10.4. The number of ether oxygens (including phenoxy) is 2. The fourth-order valence-electron chi connectivity index (χ4n) is 3.29. The van der Waals surface area contributed by atoms with Crippen molar-refractivity contribution in [2.45, 2.75) is 13.3 Å². The third kappa shape index (κ3) is 4.66. The molecule has 1 aromatic rings. The van der Waals surface area contributed by atoms with Crippen LogP contribution in [0.4, 0.5) is 10.5 Å². The predicted molar refractivity (Wildman–Crippen MR) is 98.4 cm³/mol. The highest BCUT2D eigenvalue weighted by molar-refractivity contribution is 5.79. The number of rotatable bonds is 4. The number of anilines is 1. The molecular formula is C19H27N3O4. The van der Waals surface area contributed by atoms with E-state index >= 15 is 0 Å². The summed E-state index contributed by atoms with van der Waals surface area (Å²) in [5, 5.41) is 0. The Morgan fingerprint density at radius 1 is 0.962 bits per heavy atom. The van der Waals surface area contributed by atoms with E-state index in [1.165, 1.54) is 5.69 Å². The summed E-state index contributed by atoms with van der Waals surface area (Å²) in [4.78, 5) is 30.0. The van der Waals surface area contributed by atoms with E-state index in [0.717, 1.165) is 31.9 Å². The largest absolute Gasteiger partial charge is 0.450 e. The number of morpholine rings is 1. The second kappa shape index (κ2) is 8.89. The van der Waals surface area contributed by atoms with E-state index in [0.29, 0.717) is 39.2 Å². The van der Waals surface area contributed by atoms with Crippen molar-refractivity contribution in [3.8, 4) is 0 Å². The summed E-state index contributed by atoms with van der Waals surface area (Å²) in [6.07, 6.45) is 0.0984. The first kappa shape index (κ1) is 18.5. The number of amides is 2. The Morgan fingerprint density at radius 2 is 1.58 bits per heavy atom. The Labute approximate surface area is 154 Å². The minimum atomic E-state index is -0.293.